The lowest BCUT2D eigenvalue weighted by molar-refractivity contribution is -0.127. The molecule has 1 heterocycles. The predicted molar refractivity (Wildman–Crippen MR) is 79.2 cm³/mol. The molecule has 1 amide bonds. The summed E-state index contributed by atoms with van der Waals surface area (Å²) in [5, 5.41) is 3.30. The molecule has 3 nitrogen and oxygen atoms in total. The molecule has 0 bridgehead atoms. The summed E-state index contributed by atoms with van der Waals surface area (Å²) >= 11 is 6.18. The number of carbonyl (C=O) groups is 1. The maximum absolute atomic E-state index is 12.2. The highest BCUT2D eigenvalue weighted by Gasteiger charge is 2.29. The largest absolute Gasteiger partial charge is 0.480 e. The van der Waals surface area contributed by atoms with Crippen molar-refractivity contribution in [3.63, 3.8) is 0 Å². The van der Waals surface area contributed by atoms with Crippen LogP contribution >= 0.6 is 11.6 Å². The third-order valence-corrected chi connectivity index (χ3v) is 4.62. The summed E-state index contributed by atoms with van der Waals surface area (Å²) in [5.74, 6) is 1.35. The number of hydrogen-bond donors (Lipinski definition) is 1. The number of fused-ring (bicyclic) bond motifs is 1. The molecular formula is C16H20ClNO2. The van der Waals surface area contributed by atoms with Crippen LogP contribution in [0.2, 0.25) is 0 Å². The van der Waals surface area contributed by atoms with Gasteiger partial charge in [-0.15, -0.1) is 11.6 Å². The van der Waals surface area contributed by atoms with Gasteiger partial charge in [0.15, 0.2) is 6.10 Å². The number of alkyl halides is 1. The Morgan fingerprint density at radius 2 is 2.20 bits per heavy atom. The quantitative estimate of drug-likeness (QED) is 0.870. The van der Waals surface area contributed by atoms with Gasteiger partial charge in [-0.3, -0.25) is 4.79 Å². The zero-order chi connectivity index (χ0) is 13.9. The van der Waals surface area contributed by atoms with Gasteiger partial charge in [0.05, 0.1) is 0 Å². The van der Waals surface area contributed by atoms with Gasteiger partial charge in [-0.1, -0.05) is 24.6 Å². The second kappa shape index (κ2) is 6.04. The van der Waals surface area contributed by atoms with Crippen LogP contribution in [0.25, 0.3) is 0 Å². The minimum Gasteiger partial charge on any atom is -0.480 e. The Morgan fingerprint density at radius 3 is 3.00 bits per heavy atom. The summed E-state index contributed by atoms with van der Waals surface area (Å²) in [7, 11) is 0. The van der Waals surface area contributed by atoms with Crippen molar-refractivity contribution in [1.82, 2.24) is 5.32 Å². The highest BCUT2D eigenvalue weighted by molar-refractivity contribution is 6.20. The van der Waals surface area contributed by atoms with Crippen LogP contribution in [0.4, 0.5) is 0 Å². The van der Waals surface area contributed by atoms with E-state index in [0.29, 0.717) is 12.3 Å². The van der Waals surface area contributed by atoms with Crippen LogP contribution in [0.1, 0.15) is 31.2 Å². The average Bonchev–Trinajstić information content (AvgIpc) is 2.89. The lowest BCUT2D eigenvalue weighted by Gasteiger charge is -2.25. The predicted octanol–water partition coefficient (Wildman–Crippen LogP) is 2.90. The number of nitrogens with one attached hydrogen (secondary N) is 1. The molecule has 1 aromatic carbocycles. The van der Waals surface area contributed by atoms with Crippen LogP contribution < -0.4 is 10.1 Å². The van der Waals surface area contributed by atoms with E-state index < -0.39 is 0 Å². The molecule has 3 rings (SSSR count). The Morgan fingerprint density at radius 1 is 1.35 bits per heavy atom. The molecule has 2 aliphatic rings. The van der Waals surface area contributed by atoms with E-state index in [1.165, 1.54) is 6.42 Å². The molecule has 1 fully saturated rings. The molecule has 0 spiro atoms. The van der Waals surface area contributed by atoms with Crippen molar-refractivity contribution < 1.29 is 9.53 Å². The molecule has 108 valence electrons. The molecule has 3 atom stereocenters. The number of carbonyl (C=O) groups excluding carboxylic acids is 1. The van der Waals surface area contributed by atoms with E-state index >= 15 is 0 Å². The summed E-state index contributed by atoms with van der Waals surface area (Å²) in [6, 6.07) is 7.84. The van der Waals surface area contributed by atoms with E-state index in [4.69, 9.17) is 16.3 Å². The Balaban J connectivity index is 1.49. The summed E-state index contributed by atoms with van der Waals surface area (Å²) in [6.45, 7) is 0.720. The van der Waals surface area contributed by atoms with Crippen molar-refractivity contribution in [2.75, 3.05) is 6.54 Å². The fraction of sp³-hybridized carbons (Fsp3) is 0.562. The van der Waals surface area contributed by atoms with Crippen LogP contribution in [-0.4, -0.2) is 23.9 Å². The molecule has 0 saturated heterocycles. The number of amides is 1. The molecule has 1 saturated carbocycles. The van der Waals surface area contributed by atoms with E-state index in [-0.39, 0.29) is 17.4 Å². The fourth-order valence-corrected chi connectivity index (χ4v) is 3.50. The van der Waals surface area contributed by atoms with Crippen molar-refractivity contribution >= 4 is 17.5 Å². The Kier molecular flexibility index (Phi) is 4.16. The maximum Gasteiger partial charge on any atom is 0.261 e. The van der Waals surface area contributed by atoms with Crippen LogP contribution in [0.15, 0.2) is 24.3 Å². The third-order valence-electron chi connectivity index (χ3n) is 4.22. The summed E-state index contributed by atoms with van der Waals surface area (Å²) in [5.41, 5.74) is 1.12. The average molecular weight is 294 g/mol. The monoisotopic (exact) mass is 293 g/mol. The first-order valence-corrected chi connectivity index (χ1v) is 7.82. The van der Waals surface area contributed by atoms with Gasteiger partial charge in [0.1, 0.15) is 5.75 Å². The Bertz CT molecular complexity index is 466. The van der Waals surface area contributed by atoms with Crippen molar-refractivity contribution in [3.05, 3.63) is 29.8 Å². The SMILES string of the molecule is O=C(NCC1CCCC(Cl)C1)C1Cc2ccccc2O1. The Labute approximate surface area is 124 Å². The van der Waals surface area contributed by atoms with Gasteiger partial charge in [-0.2, -0.15) is 0 Å². The summed E-state index contributed by atoms with van der Waals surface area (Å²) < 4.78 is 5.69. The number of halogens is 1. The molecule has 1 aromatic rings. The lowest BCUT2D eigenvalue weighted by Crippen LogP contribution is -2.40. The van der Waals surface area contributed by atoms with Gasteiger partial charge >= 0.3 is 0 Å². The summed E-state index contributed by atoms with van der Waals surface area (Å²) in [4.78, 5) is 12.2. The zero-order valence-corrected chi connectivity index (χ0v) is 12.2. The molecule has 4 heteroatoms. The van der Waals surface area contributed by atoms with Gasteiger partial charge in [-0.05, 0) is 36.8 Å². The number of rotatable bonds is 3. The maximum atomic E-state index is 12.2. The van der Waals surface area contributed by atoms with E-state index in [1.54, 1.807) is 0 Å². The lowest BCUT2D eigenvalue weighted by atomic mass is 9.89. The van der Waals surface area contributed by atoms with E-state index in [0.717, 1.165) is 37.1 Å². The first kappa shape index (κ1) is 13.7. The van der Waals surface area contributed by atoms with Crippen LogP contribution in [-0.2, 0) is 11.2 Å². The normalized spacial score (nSPS) is 28.6. The molecule has 1 aliphatic heterocycles. The zero-order valence-electron chi connectivity index (χ0n) is 11.5. The first-order chi connectivity index (χ1) is 9.72. The van der Waals surface area contributed by atoms with Crippen molar-refractivity contribution in [2.24, 2.45) is 5.92 Å². The second-order valence-corrected chi connectivity index (χ2v) is 6.41. The van der Waals surface area contributed by atoms with Gasteiger partial charge in [0, 0.05) is 18.3 Å². The highest BCUT2D eigenvalue weighted by Crippen LogP contribution is 2.29. The van der Waals surface area contributed by atoms with Gasteiger partial charge in [0.2, 0.25) is 0 Å². The van der Waals surface area contributed by atoms with Crippen molar-refractivity contribution in [3.8, 4) is 5.75 Å². The van der Waals surface area contributed by atoms with Crippen molar-refractivity contribution in [2.45, 2.75) is 43.6 Å². The molecule has 20 heavy (non-hydrogen) atoms. The minimum atomic E-state index is -0.372. The van der Waals surface area contributed by atoms with E-state index in [9.17, 15) is 4.79 Å². The number of ether oxygens (including phenoxy) is 1. The van der Waals surface area contributed by atoms with Gasteiger partial charge in [-0.25, -0.2) is 0 Å². The summed E-state index contributed by atoms with van der Waals surface area (Å²) in [6.07, 6.45) is 4.74. The number of para-hydroxylation sites is 1. The third kappa shape index (κ3) is 3.09. The molecule has 0 aromatic heterocycles. The first-order valence-electron chi connectivity index (χ1n) is 7.38. The van der Waals surface area contributed by atoms with E-state index in [2.05, 4.69) is 5.32 Å². The topological polar surface area (TPSA) is 38.3 Å². The van der Waals surface area contributed by atoms with Crippen LogP contribution in [0, 0.1) is 5.92 Å². The second-order valence-electron chi connectivity index (χ2n) is 5.79. The van der Waals surface area contributed by atoms with E-state index in [1.807, 2.05) is 24.3 Å². The molecule has 1 aliphatic carbocycles. The number of hydrogen-bond acceptors (Lipinski definition) is 2. The van der Waals surface area contributed by atoms with Crippen LogP contribution in [0.5, 0.6) is 5.75 Å². The highest BCUT2D eigenvalue weighted by atomic mass is 35.5. The smallest absolute Gasteiger partial charge is 0.261 e. The Hall–Kier alpha value is -1.22. The molecule has 0 radical (unpaired) electrons. The van der Waals surface area contributed by atoms with Gasteiger partial charge in [0.25, 0.3) is 5.91 Å². The van der Waals surface area contributed by atoms with Gasteiger partial charge < -0.3 is 10.1 Å². The van der Waals surface area contributed by atoms with Crippen molar-refractivity contribution in [1.29, 1.82) is 0 Å². The number of benzene rings is 1. The minimum absolute atomic E-state index is 0.00195. The van der Waals surface area contributed by atoms with Crippen LogP contribution in [0.3, 0.4) is 0 Å². The molecule has 3 unspecified atom stereocenters. The standard InChI is InChI=1S/C16H20ClNO2/c17-13-6-3-4-11(8-13)10-18-16(19)15-9-12-5-1-2-7-14(12)20-15/h1-2,5,7,11,13,15H,3-4,6,8-10H2,(H,18,19). The molecular weight excluding hydrogens is 274 g/mol. The molecule has 1 N–H and O–H groups in total. The fourth-order valence-electron chi connectivity index (χ4n) is 3.10.